The van der Waals surface area contributed by atoms with Gasteiger partial charge in [-0.2, -0.15) is 0 Å². The summed E-state index contributed by atoms with van der Waals surface area (Å²) in [4.78, 5) is 39.5. The zero-order valence-corrected chi connectivity index (χ0v) is 16.1. The van der Waals surface area contributed by atoms with E-state index in [1.54, 1.807) is 4.90 Å². The Morgan fingerprint density at radius 3 is 2.65 bits per heavy atom. The molecular formula is C19H25NO5S. The number of hydrogen-bond donors (Lipinski definition) is 0. The van der Waals surface area contributed by atoms with E-state index in [4.69, 9.17) is 9.47 Å². The first-order chi connectivity index (χ1) is 12.5. The fraction of sp³-hybridized carbons (Fsp3) is 0.632. The lowest BCUT2D eigenvalue weighted by molar-refractivity contribution is -0.149. The highest BCUT2D eigenvalue weighted by Gasteiger charge is 2.28. The summed E-state index contributed by atoms with van der Waals surface area (Å²) in [5.74, 6) is -0.354. The number of esters is 2. The number of thiophene rings is 1. The summed E-state index contributed by atoms with van der Waals surface area (Å²) in [5, 5.41) is 0. The molecule has 26 heavy (non-hydrogen) atoms. The molecule has 0 N–H and O–H groups in total. The number of fused-ring (bicyclic) bond motifs is 1. The predicted molar refractivity (Wildman–Crippen MR) is 97.1 cm³/mol. The van der Waals surface area contributed by atoms with E-state index in [1.165, 1.54) is 28.9 Å². The van der Waals surface area contributed by atoms with Crippen molar-refractivity contribution in [2.45, 2.75) is 39.0 Å². The van der Waals surface area contributed by atoms with Gasteiger partial charge in [0.25, 0.3) is 5.91 Å². The molecule has 3 rings (SSSR count). The quantitative estimate of drug-likeness (QED) is 0.752. The number of likely N-dealkylation sites (tertiary alicyclic amines) is 1. The molecule has 1 aliphatic heterocycles. The molecule has 0 saturated carbocycles. The number of nitrogens with zero attached hydrogens (tertiary/aromatic N) is 1. The molecule has 1 unspecified atom stereocenters. The van der Waals surface area contributed by atoms with Crippen LogP contribution >= 0.6 is 11.3 Å². The fourth-order valence-corrected chi connectivity index (χ4v) is 4.73. The van der Waals surface area contributed by atoms with Crippen LogP contribution in [0.2, 0.25) is 0 Å². The Kier molecular flexibility index (Phi) is 5.96. The monoisotopic (exact) mass is 379 g/mol. The molecule has 0 aromatic carbocycles. The van der Waals surface area contributed by atoms with Gasteiger partial charge >= 0.3 is 11.9 Å². The first-order valence-electron chi connectivity index (χ1n) is 9.12. The maximum Gasteiger partial charge on any atom is 0.348 e. The van der Waals surface area contributed by atoms with Crippen molar-refractivity contribution in [3.05, 3.63) is 21.4 Å². The van der Waals surface area contributed by atoms with Crippen LogP contribution in [-0.2, 0) is 31.9 Å². The Balaban J connectivity index is 1.48. The van der Waals surface area contributed by atoms with Gasteiger partial charge in [-0.3, -0.25) is 9.59 Å². The zero-order chi connectivity index (χ0) is 18.7. The van der Waals surface area contributed by atoms with E-state index in [2.05, 4.69) is 6.92 Å². The molecular weight excluding hydrogens is 354 g/mol. The maximum atomic E-state index is 12.3. The highest BCUT2D eigenvalue weighted by atomic mass is 32.1. The summed E-state index contributed by atoms with van der Waals surface area (Å²) in [6, 6.07) is 1.92. The third-order valence-electron chi connectivity index (χ3n) is 5.24. The van der Waals surface area contributed by atoms with Crippen LogP contribution in [0.1, 0.15) is 46.3 Å². The number of rotatable bonds is 4. The van der Waals surface area contributed by atoms with Gasteiger partial charge in [-0.05, 0) is 49.7 Å². The molecule has 1 fully saturated rings. The van der Waals surface area contributed by atoms with Crippen LogP contribution in [0.4, 0.5) is 0 Å². The van der Waals surface area contributed by atoms with E-state index >= 15 is 0 Å². The zero-order valence-electron chi connectivity index (χ0n) is 15.3. The lowest BCUT2D eigenvalue weighted by Gasteiger charge is -2.30. The third kappa shape index (κ3) is 4.26. The maximum absolute atomic E-state index is 12.3. The Bertz CT molecular complexity index is 690. The summed E-state index contributed by atoms with van der Waals surface area (Å²) in [6.07, 6.45) is 4.35. The SMILES string of the molecule is COC(=O)C1CCN(C(=O)COC(=O)c2cc3c(s2)CCC(C)C3)CC1. The summed E-state index contributed by atoms with van der Waals surface area (Å²) < 4.78 is 9.98. The van der Waals surface area contributed by atoms with Crippen molar-refractivity contribution in [2.24, 2.45) is 11.8 Å². The van der Waals surface area contributed by atoms with Gasteiger partial charge in [-0.15, -0.1) is 11.3 Å². The summed E-state index contributed by atoms with van der Waals surface area (Å²) >= 11 is 1.49. The first kappa shape index (κ1) is 18.9. The highest BCUT2D eigenvalue weighted by molar-refractivity contribution is 7.14. The Morgan fingerprint density at radius 2 is 1.96 bits per heavy atom. The van der Waals surface area contributed by atoms with Gasteiger partial charge < -0.3 is 14.4 Å². The largest absolute Gasteiger partial charge is 0.469 e. The first-order valence-corrected chi connectivity index (χ1v) is 9.94. The van der Waals surface area contributed by atoms with Crippen LogP contribution in [0.5, 0.6) is 0 Å². The summed E-state index contributed by atoms with van der Waals surface area (Å²) in [5.41, 5.74) is 1.25. The van der Waals surface area contributed by atoms with Crippen LogP contribution in [0.15, 0.2) is 6.07 Å². The molecule has 1 aliphatic carbocycles. The lowest BCUT2D eigenvalue weighted by atomic mass is 9.90. The van der Waals surface area contributed by atoms with Crippen LogP contribution < -0.4 is 0 Å². The molecule has 7 heteroatoms. The van der Waals surface area contributed by atoms with Crippen molar-refractivity contribution < 1.29 is 23.9 Å². The number of carbonyl (C=O) groups is 3. The Hall–Kier alpha value is -1.89. The fourth-order valence-electron chi connectivity index (χ4n) is 3.63. The topological polar surface area (TPSA) is 72.9 Å². The molecule has 6 nitrogen and oxygen atoms in total. The molecule has 2 aliphatic rings. The second-order valence-corrected chi connectivity index (χ2v) is 8.30. The van der Waals surface area contributed by atoms with E-state index in [0.29, 0.717) is 36.7 Å². The second-order valence-electron chi connectivity index (χ2n) is 7.16. The van der Waals surface area contributed by atoms with Crippen LogP contribution in [0.25, 0.3) is 0 Å². The molecule has 0 bridgehead atoms. The molecule has 0 spiro atoms. The molecule has 2 heterocycles. The van der Waals surface area contributed by atoms with E-state index in [1.807, 2.05) is 6.07 Å². The van der Waals surface area contributed by atoms with Crippen molar-refractivity contribution in [3.63, 3.8) is 0 Å². The minimum Gasteiger partial charge on any atom is -0.469 e. The van der Waals surface area contributed by atoms with E-state index in [9.17, 15) is 14.4 Å². The van der Waals surface area contributed by atoms with Gasteiger partial charge in [-0.1, -0.05) is 6.92 Å². The van der Waals surface area contributed by atoms with Gasteiger partial charge in [0, 0.05) is 18.0 Å². The number of carbonyl (C=O) groups excluding carboxylic acids is 3. The molecule has 142 valence electrons. The standard InChI is InChI=1S/C19H25NO5S/c1-12-3-4-15-14(9-12)10-16(26-15)19(23)25-11-17(21)20-7-5-13(6-8-20)18(22)24-2/h10,12-13H,3-9,11H2,1-2H3. The highest BCUT2D eigenvalue weighted by Crippen LogP contribution is 2.32. The van der Waals surface area contributed by atoms with Gasteiger partial charge in [0.1, 0.15) is 4.88 Å². The molecule has 1 saturated heterocycles. The number of hydrogen-bond acceptors (Lipinski definition) is 6. The van der Waals surface area contributed by atoms with Crippen molar-refractivity contribution in [1.82, 2.24) is 4.90 Å². The summed E-state index contributed by atoms with van der Waals surface area (Å²) in [6.45, 7) is 2.95. The number of piperidine rings is 1. The molecule has 1 atom stereocenters. The van der Waals surface area contributed by atoms with Gasteiger partial charge in [0.05, 0.1) is 13.0 Å². The molecule has 1 aromatic heterocycles. The number of aryl methyl sites for hydroxylation is 1. The van der Waals surface area contributed by atoms with Gasteiger partial charge in [0.15, 0.2) is 6.61 Å². The molecule has 1 aromatic rings. The number of methoxy groups -OCH3 is 1. The average molecular weight is 379 g/mol. The average Bonchev–Trinajstić information content (AvgIpc) is 3.08. The minimum absolute atomic E-state index is 0.147. The smallest absolute Gasteiger partial charge is 0.348 e. The van der Waals surface area contributed by atoms with Crippen LogP contribution in [0, 0.1) is 11.8 Å². The molecule has 1 amide bonds. The van der Waals surface area contributed by atoms with Crippen LogP contribution in [-0.4, -0.2) is 49.6 Å². The number of ether oxygens (including phenoxy) is 2. The second kappa shape index (κ2) is 8.20. The van der Waals surface area contributed by atoms with Crippen molar-refractivity contribution in [2.75, 3.05) is 26.8 Å². The van der Waals surface area contributed by atoms with Crippen molar-refractivity contribution >= 4 is 29.2 Å². The van der Waals surface area contributed by atoms with Crippen molar-refractivity contribution in [1.29, 1.82) is 0 Å². The third-order valence-corrected chi connectivity index (χ3v) is 6.46. The summed E-state index contributed by atoms with van der Waals surface area (Å²) in [7, 11) is 1.38. The van der Waals surface area contributed by atoms with Gasteiger partial charge in [-0.25, -0.2) is 4.79 Å². The van der Waals surface area contributed by atoms with Gasteiger partial charge in [0.2, 0.25) is 0 Å². The normalized spacial score (nSPS) is 20.4. The minimum atomic E-state index is -0.421. The predicted octanol–water partition coefficient (Wildman–Crippen LogP) is 2.44. The molecule has 0 radical (unpaired) electrons. The van der Waals surface area contributed by atoms with Crippen molar-refractivity contribution in [3.8, 4) is 0 Å². The van der Waals surface area contributed by atoms with E-state index in [-0.39, 0.29) is 24.4 Å². The van der Waals surface area contributed by atoms with Crippen LogP contribution in [0.3, 0.4) is 0 Å². The Labute approximate surface area is 157 Å². The lowest BCUT2D eigenvalue weighted by Crippen LogP contribution is -2.42. The Morgan fingerprint density at radius 1 is 1.23 bits per heavy atom. The van der Waals surface area contributed by atoms with E-state index in [0.717, 1.165) is 19.3 Å². The van der Waals surface area contributed by atoms with E-state index < -0.39 is 5.97 Å². The number of amides is 1.